The van der Waals surface area contributed by atoms with Gasteiger partial charge in [0.1, 0.15) is 0 Å². The molecule has 0 radical (unpaired) electrons. The molecule has 0 aliphatic heterocycles. The molecule has 1 aliphatic carbocycles. The molecule has 0 spiro atoms. The third kappa shape index (κ3) is 1.43. The fraction of sp³-hybridized carbons (Fsp3) is 0.667. The molecule has 0 N–H and O–H groups in total. The Kier molecular flexibility index (Phi) is 2.53. The van der Waals surface area contributed by atoms with Crippen LogP contribution in [0.3, 0.4) is 0 Å². The molecule has 14 heavy (non-hydrogen) atoms. The first-order valence-corrected chi connectivity index (χ1v) is 5.61. The van der Waals surface area contributed by atoms with Crippen LogP contribution < -0.4 is 0 Å². The van der Waals surface area contributed by atoms with Crippen LogP contribution in [0.5, 0.6) is 0 Å². The van der Waals surface area contributed by atoms with Gasteiger partial charge in [0.25, 0.3) is 0 Å². The largest absolute Gasteiger partial charge is 0.155 e. The Hall–Kier alpha value is -0.920. The summed E-state index contributed by atoms with van der Waals surface area (Å²) in [5.74, 6) is 0.514. The van der Waals surface area contributed by atoms with Crippen molar-refractivity contribution in [1.29, 1.82) is 0 Å². The number of nitrogens with zero attached hydrogens (tertiary/aromatic N) is 2. The second-order valence-electron chi connectivity index (χ2n) is 4.35. The van der Waals surface area contributed by atoms with E-state index in [0.29, 0.717) is 5.92 Å². The molecule has 2 heteroatoms. The Bertz CT molecular complexity index is 342. The second-order valence-corrected chi connectivity index (χ2v) is 4.35. The van der Waals surface area contributed by atoms with E-state index in [9.17, 15) is 0 Å². The van der Waals surface area contributed by atoms with E-state index in [0.717, 1.165) is 6.42 Å². The van der Waals surface area contributed by atoms with Gasteiger partial charge in [0.15, 0.2) is 0 Å². The van der Waals surface area contributed by atoms with Crippen LogP contribution in [0.4, 0.5) is 0 Å². The van der Waals surface area contributed by atoms with Crippen molar-refractivity contribution in [1.82, 2.24) is 10.2 Å². The van der Waals surface area contributed by atoms with Gasteiger partial charge in [-0.3, -0.25) is 0 Å². The van der Waals surface area contributed by atoms with Crippen molar-refractivity contribution in [3.05, 3.63) is 22.5 Å². The highest BCUT2D eigenvalue weighted by Crippen LogP contribution is 2.29. The highest BCUT2D eigenvalue weighted by atomic mass is 15.1. The molecule has 1 aromatic rings. The van der Waals surface area contributed by atoms with Gasteiger partial charge in [-0.25, -0.2) is 0 Å². The van der Waals surface area contributed by atoms with E-state index in [1.165, 1.54) is 41.8 Å². The van der Waals surface area contributed by atoms with Crippen LogP contribution in [0.15, 0.2) is 0 Å². The molecule has 1 aromatic heterocycles. The summed E-state index contributed by atoms with van der Waals surface area (Å²) in [5, 5.41) is 8.71. The molecule has 0 atom stereocenters. The average molecular weight is 190 g/mol. The molecule has 1 aliphatic rings. The van der Waals surface area contributed by atoms with Gasteiger partial charge in [0.05, 0.1) is 11.4 Å². The van der Waals surface area contributed by atoms with Gasteiger partial charge in [0, 0.05) is 0 Å². The van der Waals surface area contributed by atoms with Crippen LogP contribution in [0.25, 0.3) is 0 Å². The Labute approximate surface area is 85.8 Å². The predicted octanol–water partition coefficient (Wildman–Crippen LogP) is 2.65. The van der Waals surface area contributed by atoms with Crippen molar-refractivity contribution in [3.63, 3.8) is 0 Å². The second kappa shape index (κ2) is 3.68. The van der Waals surface area contributed by atoms with Crippen LogP contribution in [0.2, 0.25) is 0 Å². The van der Waals surface area contributed by atoms with E-state index in [1.807, 2.05) is 0 Å². The number of aryl methyl sites for hydroxylation is 1. The highest BCUT2D eigenvalue weighted by Gasteiger charge is 2.21. The van der Waals surface area contributed by atoms with Gasteiger partial charge in [-0.1, -0.05) is 20.8 Å². The number of fused-ring (bicyclic) bond motifs is 1. The van der Waals surface area contributed by atoms with E-state index in [2.05, 4.69) is 31.0 Å². The lowest BCUT2D eigenvalue weighted by atomic mass is 10.00. The van der Waals surface area contributed by atoms with Gasteiger partial charge in [-0.2, -0.15) is 10.2 Å². The lowest BCUT2D eigenvalue weighted by molar-refractivity contribution is 0.748. The molecule has 0 amide bonds. The first-order valence-electron chi connectivity index (χ1n) is 5.61. The molecule has 2 nitrogen and oxygen atoms in total. The van der Waals surface area contributed by atoms with Crippen molar-refractivity contribution in [2.75, 3.05) is 0 Å². The van der Waals surface area contributed by atoms with Crippen LogP contribution in [0.1, 0.15) is 55.6 Å². The summed E-state index contributed by atoms with van der Waals surface area (Å²) in [6, 6.07) is 0. The summed E-state index contributed by atoms with van der Waals surface area (Å²) in [7, 11) is 0. The lowest BCUT2D eigenvalue weighted by Gasteiger charge is -2.11. The van der Waals surface area contributed by atoms with Gasteiger partial charge in [-0.05, 0) is 42.7 Å². The molecule has 0 fully saturated rings. The number of hydrogen-bond donors (Lipinski definition) is 0. The standard InChI is InChI=1S/C12H18N2/c1-4-11-9-6-5-7-10(9)12(8(2)3)14-13-11/h8H,4-7H2,1-3H3. The normalized spacial score (nSPS) is 14.9. The number of hydrogen-bond acceptors (Lipinski definition) is 2. The van der Waals surface area contributed by atoms with Crippen molar-refractivity contribution in [2.45, 2.75) is 52.4 Å². The minimum atomic E-state index is 0.514. The van der Waals surface area contributed by atoms with Gasteiger partial charge < -0.3 is 0 Å². The Morgan fingerprint density at radius 3 is 2.50 bits per heavy atom. The number of aromatic nitrogens is 2. The van der Waals surface area contributed by atoms with Gasteiger partial charge >= 0.3 is 0 Å². The monoisotopic (exact) mass is 190 g/mol. The van der Waals surface area contributed by atoms with Gasteiger partial charge in [-0.15, -0.1) is 0 Å². The summed E-state index contributed by atoms with van der Waals surface area (Å²) in [6.45, 7) is 6.57. The predicted molar refractivity (Wildman–Crippen MR) is 57.5 cm³/mol. The minimum Gasteiger partial charge on any atom is -0.155 e. The van der Waals surface area contributed by atoms with Gasteiger partial charge in [0.2, 0.25) is 0 Å². The van der Waals surface area contributed by atoms with Crippen molar-refractivity contribution in [2.24, 2.45) is 0 Å². The summed E-state index contributed by atoms with van der Waals surface area (Å²) < 4.78 is 0. The molecule has 0 bridgehead atoms. The summed E-state index contributed by atoms with van der Waals surface area (Å²) >= 11 is 0. The molecular formula is C12H18N2. The summed E-state index contributed by atoms with van der Waals surface area (Å²) in [5.41, 5.74) is 5.47. The quantitative estimate of drug-likeness (QED) is 0.716. The minimum absolute atomic E-state index is 0.514. The zero-order valence-electron chi connectivity index (χ0n) is 9.30. The topological polar surface area (TPSA) is 25.8 Å². The third-order valence-electron chi connectivity index (χ3n) is 3.04. The Morgan fingerprint density at radius 1 is 1.14 bits per heavy atom. The molecule has 2 rings (SSSR count). The lowest BCUT2D eigenvalue weighted by Crippen LogP contribution is -2.06. The summed E-state index contributed by atoms with van der Waals surface area (Å²) in [6.07, 6.45) is 4.74. The fourth-order valence-electron chi connectivity index (χ4n) is 2.33. The zero-order valence-corrected chi connectivity index (χ0v) is 9.30. The molecule has 76 valence electrons. The first-order chi connectivity index (χ1) is 6.74. The smallest absolute Gasteiger partial charge is 0.0691 e. The SMILES string of the molecule is CCc1nnc(C(C)C)c2c1CCC2. The van der Waals surface area contributed by atoms with E-state index in [1.54, 1.807) is 0 Å². The van der Waals surface area contributed by atoms with E-state index >= 15 is 0 Å². The maximum absolute atomic E-state index is 4.37. The maximum Gasteiger partial charge on any atom is 0.0691 e. The van der Waals surface area contributed by atoms with E-state index < -0.39 is 0 Å². The van der Waals surface area contributed by atoms with Crippen LogP contribution in [-0.4, -0.2) is 10.2 Å². The maximum atomic E-state index is 4.37. The average Bonchev–Trinajstić information content (AvgIpc) is 2.64. The zero-order chi connectivity index (χ0) is 10.1. The van der Waals surface area contributed by atoms with Crippen molar-refractivity contribution in [3.8, 4) is 0 Å². The molecule has 0 saturated heterocycles. The van der Waals surface area contributed by atoms with E-state index in [-0.39, 0.29) is 0 Å². The molecule has 0 aromatic carbocycles. The van der Waals surface area contributed by atoms with Crippen molar-refractivity contribution < 1.29 is 0 Å². The fourth-order valence-corrected chi connectivity index (χ4v) is 2.33. The molecule has 0 saturated carbocycles. The van der Waals surface area contributed by atoms with Crippen molar-refractivity contribution >= 4 is 0 Å². The Balaban J connectivity index is 2.53. The molecule has 0 unspecified atom stereocenters. The molecule has 1 heterocycles. The molecular weight excluding hydrogens is 172 g/mol. The first kappa shape index (κ1) is 9.63. The van der Waals surface area contributed by atoms with E-state index in [4.69, 9.17) is 0 Å². The van der Waals surface area contributed by atoms with Crippen LogP contribution in [-0.2, 0) is 19.3 Å². The van der Waals surface area contributed by atoms with Crippen LogP contribution in [0, 0.1) is 0 Å². The summed E-state index contributed by atoms with van der Waals surface area (Å²) in [4.78, 5) is 0. The third-order valence-corrected chi connectivity index (χ3v) is 3.04. The number of rotatable bonds is 2. The highest BCUT2D eigenvalue weighted by molar-refractivity contribution is 5.38. The Morgan fingerprint density at radius 2 is 1.86 bits per heavy atom. The van der Waals surface area contributed by atoms with Crippen LogP contribution >= 0.6 is 0 Å².